The van der Waals surface area contributed by atoms with Crippen LogP contribution in [0.15, 0.2) is 34.6 Å². The van der Waals surface area contributed by atoms with Crippen molar-refractivity contribution in [1.29, 1.82) is 0 Å². The molecular weight excluding hydrogens is 336 g/mol. The monoisotopic (exact) mass is 360 g/mol. The van der Waals surface area contributed by atoms with E-state index in [1.807, 2.05) is 12.5 Å². The molecule has 3 rings (SSSR count). The summed E-state index contributed by atoms with van der Waals surface area (Å²) in [6.07, 6.45) is 10.6. The summed E-state index contributed by atoms with van der Waals surface area (Å²) in [6.45, 7) is 2.16. The van der Waals surface area contributed by atoms with E-state index in [0.717, 1.165) is 15.9 Å². The maximum Gasteiger partial charge on any atom is 0.191 e. The molecule has 1 saturated carbocycles. The second-order valence-electron chi connectivity index (χ2n) is 6.23. The highest BCUT2D eigenvalue weighted by Gasteiger charge is 2.18. The van der Waals surface area contributed by atoms with Crippen LogP contribution >= 0.6 is 23.5 Å². The Labute approximate surface area is 152 Å². The van der Waals surface area contributed by atoms with Gasteiger partial charge in [0.25, 0.3) is 0 Å². The molecule has 0 bridgehead atoms. The number of anilines is 1. The Morgan fingerprint density at radius 3 is 2.71 bits per heavy atom. The third-order valence-electron chi connectivity index (χ3n) is 4.49. The zero-order valence-corrected chi connectivity index (χ0v) is 15.9. The first-order chi connectivity index (χ1) is 11.7. The molecule has 4 nitrogen and oxygen atoms in total. The lowest BCUT2D eigenvalue weighted by molar-refractivity contribution is 0.443. The summed E-state index contributed by atoms with van der Waals surface area (Å²) in [4.78, 5) is 13.5. The van der Waals surface area contributed by atoms with Gasteiger partial charge in [0.15, 0.2) is 5.16 Å². The van der Waals surface area contributed by atoms with Gasteiger partial charge in [0.2, 0.25) is 0 Å². The van der Waals surface area contributed by atoms with Gasteiger partial charge in [-0.15, -0.1) is 11.8 Å². The largest absolute Gasteiger partial charge is 0.384 e. The van der Waals surface area contributed by atoms with Gasteiger partial charge in [-0.2, -0.15) is 0 Å². The van der Waals surface area contributed by atoms with E-state index < -0.39 is 0 Å². The van der Waals surface area contributed by atoms with Crippen LogP contribution < -0.4 is 5.73 Å². The molecule has 0 radical (unpaired) electrons. The minimum absolute atomic E-state index is 0.199. The molecule has 6 heteroatoms. The number of aromatic nitrogens is 3. The van der Waals surface area contributed by atoms with Crippen LogP contribution in [0.3, 0.4) is 0 Å². The summed E-state index contributed by atoms with van der Waals surface area (Å²) >= 11 is 3.20. The van der Waals surface area contributed by atoms with Crippen LogP contribution in [-0.2, 0) is 0 Å². The van der Waals surface area contributed by atoms with Gasteiger partial charge in [0, 0.05) is 12.3 Å². The van der Waals surface area contributed by atoms with Crippen molar-refractivity contribution in [1.82, 2.24) is 15.0 Å². The first-order valence-corrected chi connectivity index (χ1v) is 10.6. The van der Waals surface area contributed by atoms with Gasteiger partial charge in [0.05, 0.1) is 10.9 Å². The first kappa shape index (κ1) is 17.5. The average Bonchev–Trinajstić information content (AvgIpc) is 2.62. The van der Waals surface area contributed by atoms with Crippen LogP contribution in [0.2, 0.25) is 0 Å². The van der Waals surface area contributed by atoms with Crippen LogP contribution in [0.4, 0.5) is 5.82 Å². The van der Waals surface area contributed by atoms with Crippen molar-refractivity contribution < 1.29 is 0 Å². The van der Waals surface area contributed by atoms with E-state index in [2.05, 4.69) is 34.0 Å². The number of thioether (sulfide) groups is 2. The lowest BCUT2D eigenvalue weighted by atomic mass is 9.84. The second-order valence-corrected chi connectivity index (χ2v) is 8.36. The Kier molecular flexibility index (Phi) is 6.00. The van der Waals surface area contributed by atoms with Gasteiger partial charge in [-0.05, 0) is 49.6 Å². The van der Waals surface area contributed by atoms with Gasteiger partial charge >= 0.3 is 0 Å². The highest BCUT2D eigenvalue weighted by atomic mass is 32.2. The molecule has 2 aromatic heterocycles. The molecule has 1 atom stereocenters. The Morgan fingerprint density at radius 1 is 1.17 bits per heavy atom. The number of rotatable bonds is 5. The molecule has 1 aliphatic carbocycles. The molecule has 24 heavy (non-hydrogen) atoms. The highest BCUT2D eigenvalue weighted by molar-refractivity contribution is 7.99. The summed E-state index contributed by atoms with van der Waals surface area (Å²) in [5.41, 5.74) is 8.41. The third kappa shape index (κ3) is 4.42. The predicted octanol–water partition coefficient (Wildman–Crippen LogP) is 5.08. The molecule has 2 aromatic rings. The number of hydrogen-bond donors (Lipinski definition) is 1. The Morgan fingerprint density at radius 2 is 1.96 bits per heavy atom. The molecular formula is C18H24N4S2. The molecule has 1 unspecified atom stereocenters. The average molecular weight is 361 g/mol. The minimum Gasteiger partial charge on any atom is -0.384 e. The fourth-order valence-electron chi connectivity index (χ4n) is 3.17. The van der Waals surface area contributed by atoms with E-state index in [4.69, 9.17) is 5.73 Å². The quantitative estimate of drug-likeness (QED) is 0.456. The molecule has 128 valence electrons. The predicted molar refractivity (Wildman–Crippen MR) is 103 cm³/mol. The van der Waals surface area contributed by atoms with Gasteiger partial charge < -0.3 is 5.73 Å². The number of nitrogen functional groups attached to an aromatic ring is 1. The third-order valence-corrected chi connectivity index (χ3v) is 6.11. The molecule has 1 aliphatic rings. The zero-order valence-electron chi connectivity index (χ0n) is 14.2. The van der Waals surface area contributed by atoms with Gasteiger partial charge in [0.1, 0.15) is 10.8 Å². The number of hydrogen-bond acceptors (Lipinski definition) is 6. The van der Waals surface area contributed by atoms with Crippen LogP contribution in [0, 0.1) is 0 Å². The lowest BCUT2D eigenvalue weighted by Crippen LogP contribution is -2.06. The molecule has 0 aromatic carbocycles. The topological polar surface area (TPSA) is 64.7 Å². The van der Waals surface area contributed by atoms with E-state index in [1.54, 1.807) is 29.6 Å². The molecule has 0 spiro atoms. The maximum absolute atomic E-state index is 5.88. The van der Waals surface area contributed by atoms with Gasteiger partial charge in [-0.3, -0.25) is 4.98 Å². The van der Waals surface area contributed by atoms with Crippen molar-refractivity contribution in [3.8, 4) is 0 Å². The Bertz CT molecular complexity index is 686. The number of nitrogens with two attached hydrogens (primary N) is 1. The molecule has 0 aliphatic heterocycles. The molecule has 2 heterocycles. The summed E-state index contributed by atoms with van der Waals surface area (Å²) in [5.74, 6) is 1.22. The van der Waals surface area contributed by atoms with Crippen LogP contribution in [-0.4, -0.2) is 21.2 Å². The van der Waals surface area contributed by atoms with Crippen molar-refractivity contribution in [2.24, 2.45) is 0 Å². The van der Waals surface area contributed by atoms with Crippen molar-refractivity contribution >= 4 is 29.3 Å². The van der Waals surface area contributed by atoms with Crippen molar-refractivity contribution in [3.05, 3.63) is 35.7 Å². The fourth-order valence-corrected chi connectivity index (χ4v) is 4.52. The standard InChI is InChI=1S/C18H24N4S2/c1-12(24-18-21-16(19)11-17(22-18)23-2)15-10-14(8-9-20-15)13-6-4-3-5-7-13/h8-13H,3-7H2,1-2H3,(H2,19,21,22). The van der Waals surface area contributed by atoms with E-state index in [9.17, 15) is 0 Å². The first-order valence-electron chi connectivity index (χ1n) is 8.47. The van der Waals surface area contributed by atoms with Crippen LogP contribution in [0.1, 0.15) is 61.5 Å². The van der Waals surface area contributed by atoms with E-state index in [1.165, 1.54) is 37.7 Å². The van der Waals surface area contributed by atoms with Gasteiger partial charge in [-0.25, -0.2) is 9.97 Å². The van der Waals surface area contributed by atoms with E-state index >= 15 is 0 Å². The van der Waals surface area contributed by atoms with Crippen molar-refractivity contribution in [2.45, 2.75) is 60.4 Å². The summed E-state index contributed by atoms with van der Waals surface area (Å²) in [5, 5.41) is 1.82. The second kappa shape index (κ2) is 8.21. The minimum atomic E-state index is 0.199. The highest BCUT2D eigenvalue weighted by Crippen LogP contribution is 2.36. The summed E-state index contributed by atoms with van der Waals surface area (Å²) < 4.78 is 0. The number of pyridine rings is 1. The SMILES string of the molecule is CSc1cc(N)nc(SC(C)c2cc(C3CCCCC3)ccn2)n1. The number of nitrogens with zero attached hydrogens (tertiary/aromatic N) is 3. The fraction of sp³-hybridized carbons (Fsp3) is 0.500. The van der Waals surface area contributed by atoms with Crippen LogP contribution in [0.5, 0.6) is 0 Å². The zero-order chi connectivity index (χ0) is 16.9. The van der Waals surface area contributed by atoms with Crippen molar-refractivity contribution in [3.63, 3.8) is 0 Å². The maximum atomic E-state index is 5.88. The normalized spacial score (nSPS) is 16.9. The van der Waals surface area contributed by atoms with Gasteiger partial charge in [-0.1, -0.05) is 31.0 Å². The molecule has 1 fully saturated rings. The van der Waals surface area contributed by atoms with E-state index in [-0.39, 0.29) is 5.25 Å². The Hall–Kier alpha value is -1.27. The Balaban J connectivity index is 1.75. The molecule has 2 N–H and O–H groups in total. The lowest BCUT2D eigenvalue weighted by Gasteiger charge is -2.22. The summed E-state index contributed by atoms with van der Waals surface area (Å²) in [7, 11) is 0. The smallest absolute Gasteiger partial charge is 0.191 e. The molecule has 0 saturated heterocycles. The van der Waals surface area contributed by atoms with Crippen molar-refractivity contribution in [2.75, 3.05) is 12.0 Å². The van der Waals surface area contributed by atoms with Crippen LogP contribution in [0.25, 0.3) is 0 Å². The molecule has 0 amide bonds. The van der Waals surface area contributed by atoms with E-state index in [0.29, 0.717) is 11.7 Å². The summed E-state index contributed by atoms with van der Waals surface area (Å²) in [6, 6.07) is 6.26.